The smallest absolute Gasteiger partial charge is 0.166 e. The summed E-state index contributed by atoms with van der Waals surface area (Å²) in [6, 6.07) is 13.9. The Morgan fingerprint density at radius 2 is 1.68 bits per heavy atom. The molecule has 2 aromatic rings. The Bertz CT molecular complexity index is 620. The van der Waals surface area contributed by atoms with Crippen molar-refractivity contribution in [3.63, 3.8) is 0 Å². The molecule has 0 saturated carbocycles. The topological polar surface area (TPSA) is 17.1 Å². The molecule has 0 amide bonds. The molecule has 1 nitrogen and oxygen atoms in total. The van der Waals surface area contributed by atoms with E-state index in [1.165, 1.54) is 11.1 Å². The number of hydrogen-bond donors (Lipinski definition) is 0. The van der Waals surface area contributed by atoms with Crippen molar-refractivity contribution in [3.8, 4) is 0 Å². The highest BCUT2D eigenvalue weighted by atomic mass is 35.5. The Hall–Kier alpha value is -1.60. The lowest BCUT2D eigenvalue weighted by atomic mass is 9.92. The van der Waals surface area contributed by atoms with Crippen molar-refractivity contribution in [3.05, 3.63) is 69.7 Å². The molecule has 0 fully saturated rings. The van der Waals surface area contributed by atoms with Crippen molar-refractivity contribution in [2.24, 2.45) is 5.92 Å². The lowest BCUT2D eigenvalue weighted by Crippen LogP contribution is -2.16. The van der Waals surface area contributed by atoms with E-state index in [0.717, 1.165) is 24.0 Å². The average molecular weight is 271 g/mol. The fourth-order valence-electron chi connectivity index (χ4n) is 2.84. The predicted molar refractivity (Wildman–Crippen MR) is 77.9 cm³/mol. The van der Waals surface area contributed by atoms with E-state index in [2.05, 4.69) is 12.1 Å². The average Bonchev–Trinajstić information content (AvgIpc) is 2.85. The maximum absolute atomic E-state index is 12.6. The van der Waals surface area contributed by atoms with E-state index in [9.17, 15) is 4.79 Å². The molecule has 96 valence electrons. The molecule has 0 N–H and O–H groups in total. The van der Waals surface area contributed by atoms with Crippen LogP contribution in [0.15, 0.2) is 42.5 Å². The van der Waals surface area contributed by atoms with Gasteiger partial charge in [0.1, 0.15) is 0 Å². The second-order valence-corrected chi connectivity index (χ2v) is 5.56. The summed E-state index contributed by atoms with van der Waals surface area (Å²) in [6.45, 7) is 1.91. The third-order valence-corrected chi connectivity index (χ3v) is 4.36. The Kier molecular flexibility index (Phi) is 3.16. The number of ketones is 1. The fraction of sp³-hybridized carbons (Fsp3) is 0.235. The van der Waals surface area contributed by atoms with Gasteiger partial charge in [-0.15, -0.1) is 0 Å². The van der Waals surface area contributed by atoms with Crippen LogP contribution in [0.25, 0.3) is 0 Å². The molecular weight excluding hydrogens is 256 g/mol. The molecule has 0 saturated heterocycles. The normalized spacial score (nSPS) is 14.4. The van der Waals surface area contributed by atoms with Crippen LogP contribution in [0.2, 0.25) is 5.02 Å². The van der Waals surface area contributed by atoms with Crippen molar-refractivity contribution < 1.29 is 4.79 Å². The van der Waals surface area contributed by atoms with Crippen LogP contribution in [-0.4, -0.2) is 5.78 Å². The summed E-state index contributed by atoms with van der Waals surface area (Å²) >= 11 is 6.10. The molecule has 0 atom stereocenters. The number of hydrogen-bond acceptors (Lipinski definition) is 1. The maximum Gasteiger partial charge on any atom is 0.166 e. The van der Waals surface area contributed by atoms with Crippen LogP contribution in [0.3, 0.4) is 0 Å². The minimum atomic E-state index is 0.0644. The molecule has 1 aliphatic carbocycles. The molecule has 1 aliphatic rings. The molecule has 0 heterocycles. The summed E-state index contributed by atoms with van der Waals surface area (Å²) in [5, 5.41) is 0.668. The van der Waals surface area contributed by atoms with Crippen molar-refractivity contribution in [1.29, 1.82) is 0 Å². The highest BCUT2D eigenvalue weighted by molar-refractivity contribution is 6.31. The first-order valence-corrected chi connectivity index (χ1v) is 6.90. The third-order valence-electron chi connectivity index (χ3n) is 3.95. The highest BCUT2D eigenvalue weighted by Gasteiger charge is 2.28. The third kappa shape index (κ3) is 2.19. The van der Waals surface area contributed by atoms with Gasteiger partial charge in [-0.2, -0.15) is 0 Å². The Labute approximate surface area is 118 Å². The molecule has 0 radical (unpaired) electrons. The van der Waals surface area contributed by atoms with Crippen LogP contribution in [0.4, 0.5) is 0 Å². The summed E-state index contributed by atoms with van der Waals surface area (Å²) in [7, 11) is 0. The van der Waals surface area contributed by atoms with E-state index in [4.69, 9.17) is 11.6 Å². The molecule has 3 rings (SSSR count). The quantitative estimate of drug-likeness (QED) is 0.746. The van der Waals surface area contributed by atoms with Crippen LogP contribution in [0.1, 0.15) is 27.0 Å². The molecular formula is C17H15ClO. The highest BCUT2D eigenvalue weighted by Crippen LogP contribution is 2.30. The van der Waals surface area contributed by atoms with Crippen LogP contribution in [-0.2, 0) is 12.8 Å². The zero-order valence-electron chi connectivity index (χ0n) is 10.8. The lowest BCUT2D eigenvalue weighted by molar-refractivity contribution is 0.0924. The van der Waals surface area contributed by atoms with Gasteiger partial charge in [0.2, 0.25) is 0 Å². The van der Waals surface area contributed by atoms with E-state index < -0.39 is 0 Å². The first-order chi connectivity index (χ1) is 9.16. The van der Waals surface area contributed by atoms with Crippen LogP contribution in [0, 0.1) is 12.8 Å². The van der Waals surface area contributed by atoms with Gasteiger partial charge in [-0.3, -0.25) is 4.79 Å². The fourth-order valence-corrected chi connectivity index (χ4v) is 3.01. The summed E-state index contributed by atoms with van der Waals surface area (Å²) in [4.78, 5) is 12.6. The van der Waals surface area contributed by atoms with Gasteiger partial charge in [-0.25, -0.2) is 0 Å². The molecule has 19 heavy (non-hydrogen) atoms. The summed E-state index contributed by atoms with van der Waals surface area (Å²) < 4.78 is 0. The second kappa shape index (κ2) is 4.82. The van der Waals surface area contributed by atoms with Gasteiger partial charge in [0, 0.05) is 16.5 Å². The number of rotatable bonds is 2. The second-order valence-electron chi connectivity index (χ2n) is 5.15. The van der Waals surface area contributed by atoms with E-state index in [1.807, 2.05) is 37.3 Å². The Morgan fingerprint density at radius 1 is 1.05 bits per heavy atom. The minimum absolute atomic E-state index is 0.0644. The standard InChI is InChI=1S/C17H15ClO/c1-11-15(7-4-8-16(11)18)17(19)14-9-12-5-2-3-6-13(12)10-14/h2-8,14H,9-10H2,1H3. The molecule has 0 aliphatic heterocycles. The largest absolute Gasteiger partial charge is 0.294 e. The van der Waals surface area contributed by atoms with Crippen LogP contribution in [0.5, 0.6) is 0 Å². The minimum Gasteiger partial charge on any atom is -0.294 e. The van der Waals surface area contributed by atoms with Gasteiger partial charge in [-0.1, -0.05) is 48.0 Å². The SMILES string of the molecule is Cc1c(Cl)cccc1C(=O)C1Cc2ccccc2C1. The van der Waals surface area contributed by atoms with Gasteiger partial charge >= 0.3 is 0 Å². The van der Waals surface area contributed by atoms with Crippen molar-refractivity contribution in [2.45, 2.75) is 19.8 Å². The predicted octanol–water partition coefficient (Wildman–Crippen LogP) is 4.25. The van der Waals surface area contributed by atoms with Gasteiger partial charge < -0.3 is 0 Å². The van der Waals surface area contributed by atoms with Crippen molar-refractivity contribution in [2.75, 3.05) is 0 Å². The summed E-state index contributed by atoms with van der Waals surface area (Å²) in [6.07, 6.45) is 1.70. The van der Waals surface area contributed by atoms with Gasteiger partial charge in [0.25, 0.3) is 0 Å². The summed E-state index contributed by atoms with van der Waals surface area (Å²) in [5.74, 6) is 0.283. The monoisotopic (exact) mass is 270 g/mol. The number of carbonyl (C=O) groups is 1. The van der Waals surface area contributed by atoms with Gasteiger partial charge in [-0.05, 0) is 42.5 Å². The van der Waals surface area contributed by atoms with E-state index in [0.29, 0.717) is 5.02 Å². The Morgan fingerprint density at radius 3 is 2.32 bits per heavy atom. The van der Waals surface area contributed by atoms with Crippen LogP contribution >= 0.6 is 11.6 Å². The summed E-state index contributed by atoms with van der Waals surface area (Å²) in [5.41, 5.74) is 4.27. The maximum atomic E-state index is 12.6. The number of carbonyl (C=O) groups excluding carboxylic acids is 1. The van der Waals surface area contributed by atoms with Gasteiger partial charge in [0.15, 0.2) is 5.78 Å². The zero-order chi connectivity index (χ0) is 13.4. The number of fused-ring (bicyclic) bond motifs is 1. The van der Waals surface area contributed by atoms with E-state index in [-0.39, 0.29) is 11.7 Å². The molecule has 0 aromatic heterocycles. The molecule has 2 heteroatoms. The van der Waals surface area contributed by atoms with Gasteiger partial charge in [0.05, 0.1) is 0 Å². The van der Waals surface area contributed by atoms with Crippen LogP contribution < -0.4 is 0 Å². The Balaban J connectivity index is 1.89. The number of benzene rings is 2. The molecule has 0 spiro atoms. The zero-order valence-corrected chi connectivity index (χ0v) is 11.6. The number of Topliss-reactive ketones (excluding diaryl/α,β-unsaturated/α-hetero) is 1. The van der Waals surface area contributed by atoms with E-state index in [1.54, 1.807) is 0 Å². The first-order valence-electron chi connectivity index (χ1n) is 6.53. The van der Waals surface area contributed by atoms with Crippen molar-refractivity contribution >= 4 is 17.4 Å². The van der Waals surface area contributed by atoms with Crippen molar-refractivity contribution in [1.82, 2.24) is 0 Å². The molecule has 2 aromatic carbocycles. The van der Waals surface area contributed by atoms with E-state index >= 15 is 0 Å². The molecule has 0 bridgehead atoms. The molecule has 0 unspecified atom stereocenters. The first kappa shape index (κ1) is 12.4. The lowest BCUT2D eigenvalue weighted by Gasteiger charge is -2.11. The number of halogens is 1.